The minimum absolute atomic E-state index is 0.0306. The lowest BCUT2D eigenvalue weighted by atomic mass is 9.49. The summed E-state index contributed by atoms with van der Waals surface area (Å²) in [4.78, 5) is 28.6. The molecule has 0 radical (unpaired) electrons. The zero-order valence-corrected chi connectivity index (χ0v) is 25.7. The third-order valence-corrected chi connectivity index (χ3v) is 12.3. The van der Waals surface area contributed by atoms with E-state index in [2.05, 4.69) is 45.1 Å². The number of ether oxygens (including phenoxy) is 1. The molecule has 6 rings (SSSR count). The highest BCUT2D eigenvalue weighted by Gasteiger charge is 2.58. The molecule has 6 heteroatoms. The fourth-order valence-electron chi connectivity index (χ4n) is 10.1. The van der Waals surface area contributed by atoms with Gasteiger partial charge in [0, 0.05) is 0 Å². The summed E-state index contributed by atoms with van der Waals surface area (Å²) in [5.74, 6) is 0.993. The second-order valence-electron chi connectivity index (χ2n) is 14.6. The van der Waals surface area contributed by atoms with E-state index in [0.717, 1.165) is 70.0 Å². The molecule has 4 aliphatic rings. The van der Waals surface area contributed by atoms with Crippen molar-refractivity contribution in [3.8, 4) is 11.5 Å². The van der Waals surface area contributed by atoms with Crippen LogP contribution in [0.3, 0.4) is 0 Å². The summed E-state index contributed by atoms with van der Waals surface area (Å²) >= 11 is 0. The van der Waals surface area contributed by atoms with Gasteiger partial charge in [0.2, 0.25) is 11.8 Å². The monoisotopic (exact) mass is 573 g/mol. The summed E-state index contributed by atoms with van der Waals surface area (Å²) in [7, 11) is 0. The zero-order valence-electron chi connectivity index (χ0n) is 25.7. The smallest absolute Gasteiger partial charge is 0.232 e. The number of imide groups is 1. The highest BCUT2D eigenvalue weighted by Crippen LogP contribution is 2.59. The summed E-state index contributed by atoms with van der Waals surface area (Å²) in [6.45, 7) is 8.93. The second-order valence-corrected chi connectivity index (χ2v) is 14.6. The molecule has 6 atom stereocenters. The molecule has 2 saturated carbocycles. The van der Waals surface area contributed by atoms with Crippen LogP contribution in [0, 0.1) is 22.7 Å². The average Bonchev–Trinajstić information content (AvgIpc) is 2.96. The fourth-order valence-corrected chi connectivity index (χ4v) is 10.1. The normalized spacial score (nSPS) is 35.2. The molecule has 3 N–H and O–H groups in total. The number of fused-ring (bicyclic) bond motifs is 6. The molecule has 6 nitrogen and oxygen atoms in total. The zero-order chi connectivity index (χ0) is 29.9. The van der Waals surface area contributed by atoms with Crippen LogP contribution in [0.4, 0.5) is 0 Å². The highest BCUT2D eigenvalue weighted by molar-refractivity contribution is 6.00. The van der Waals surface area contributed by atoms with E-state index >= 15 is 0 Å². The number of carbonyl (C=O) groups excluding carboxylic acids is 2. The highest BCUT2D eigenvalue weighted by atomic mass is 16.5. The molecular weight excluding hydrogens is 526 g/mol. The first kappa shape index (κ1) is 29.2. The van der Waals surface area contributed by atoms with Crippen LogP contribution in [0.25, 0.3) is 0 Å². The quantitative estimate of drug-likeness (QED) is 0.374. The van der Waals surface area contributed by atoms with Crippen molar-refractivity contribution in [1.29, 1.82) is 0 Å². The van der Waals surface area contributed by atoms with Crippen molar-refractivity contribution in [2.45, 2.75) is 103 Å². The molecule has 0 unspecified atom stereocenters. The van der Waals surface area contributed by atoms with Gasteiger partial charge in [-0.3, -0.25) is 14.9 Å². The van der Waals surface area contributed by atoms with Crippen LogP contribution in [0.15, 0.2) is 36.4 Å². The van der Waals surface area contributed by atoms with E-state index in [1.54, 1.807) is 6.07 Å². The Kier molecular flexibility index (Phi) is 7.23. The van der Waals surface area contributed by atoms with Crippen molar-refractivity contribution in [3.63, 3.8) is 0 Å². The summed E-state index contributed by atoms with van der Waals surface area (Å²) in [6, 6.07) is 11.9. The molecule has 2 fully saturated rings. The number of aromatic hydroxyl groups is 1. The number of aryl methyl sites for hydroxylation is 2. The van der Waals surface area contributed by atoms with Crippen molar-refractivity contribution in [1.82, 2.24) is 5.32 Å². The van der Waals surface area contributed by atoms with Gasteiger partial charge in [0.25, 0.3) is 0 Å². The lowest BCUT2D eigenvalue weighted by Crippen LogP contribution is -2.60. The number of phenolic OH excluding ortho intramolecular Hbond substituents is 1. The third-order valence-electron chi connectivity index (χ3n) is 12.3. The lowest BCUT2D eigenvalue weighted by Gasteiger charge is -2.56. The minimum atomic E-state index is -0.655. The predicted octanol–water partition coefficient (Wildman–Crippen LogP) is 6.13. The number of aliphatic hydroxyl groups is 1. The van der Waals surface area contributed by atoms with Crippen LogP contribution < -0.4 is 10.1 Å². The van der Waals surface area contributed by atoms with Gasteiger partial charge in [-0.05, 0) is 121 Å². The van der Waals surface area contributed by atoms with E-state index in [0.29, 0.717) is 0 Å². The van der Waals surface area contributed by atoms with Gasteiger partial charge in [0.05, 0.1) is 17.4 Å². The van der Waals surface area contributed by atoms with Crippen LogP contribution in [-0.2, 0) is 33.3 Å². The molecule has 2 aromatic rings. The molecular formula is C36H47NO5. The number of nitrogens with one attached hydrogen (secondary N) is 1. The van der Waals surface area contributed by atoms with Crippen molar-refractivity contribution in [3.05, 3.63) is 58.7 Å². The molecule has 42 heavy (non-hydrogen) atoms. The van der Waals surface area contributed by atoms with Crippen LogP contribution in [0.1, 0.15) is 101 Å². The molecule has 4 aliphatic carbocycles. The molecule has 2 amide bonds. The number of benzene rings is 2. The van der Waals surface area contributed by atoms with E-state index in [-0.39, 0.29) is 53.4 Å². The largest absolute Gasteiger partial charge is 0.508 e. The number of carbonyl (C=O) groups is 2. The number of phenols is 1. The van der Waals surface area contributed by atoms with Crippen LogP contribution >= 0.6 is 0 Å². The SMILES string of the molecule is C[C@]1(C(=O)NC(=O)[C@@]2(C)CCC[C@]3(C)c4cc(OCCO)ccc4CC[C@@H]23)CCC[C@]2(C)c3cc(O)ccc3CC[C@@H]12. The van der Waals surface area contributed by atoms with Gasteiger partial charge in [0.15, 0.2) is 0 Å². The molecule has 0 saturated heterocycles. The Labute approximate surface area is 250 Å². The molecule has 2 aromatic carbocycles. The fraction of sp³-hybridized carbons (Fsp3) is 0.611. The van der Waals surface area contributed by atoms with Crippen molar-refractivity contribution < 1.29 is 24.5 Å². The van der Waals surface area contributed by atoms with Crippen LogP contribution in [0.2, 0.25) is 0 Å². The molecule has 0 aromatic heterocycles. The Bertz CT molecular complexity index is 1400. The van der Waals surface area contributed by atoms with Gasteiger partial charge < -0.3 is 14.9 Å². The maximum atomic E-state index is 14.3. The summed E-state index contributed by atoms with van der Waals surface area (Å²) in [6.07, 6.45) is 8.95. The molecule has 226 valence electrons. The lowest BCUT2D eigenvalue weighted by molar-refractivity contribution is -0.150. The summed E-state index contributed by atoms with van der Waals surface area (Å²) in [5, 5.41) is 22.6. The topological polar surface area (TPSA) is 95.9 Å². The Balaban J connectivity index is 1.26. The molecule has 0 spiro atoms. The van der Waals surface area contributed by atoms with Gasteiger partial charge in [0.1, 0.15) is 18.1 Å². The van der Waals surface area contributed by atoms with Gasteiger partial charge in [-0.1, -0.05) is 52.7 Å². The van der Waals surface area contributed by atoms with Gasteiger partial charge >= 0.3 is 0 Å². The Hall–Kier alpha value is -2.86. The van der Waals surface area contributed by atoms with Crippen molar-refractivity contribution >= 4 is 11.8 Å². The molecule has 0 aliphatic heterocycles. The van der Waals surface area contributed by atoms with E-state index in [4.69, 9.17) is 4.74 Å². The molecule has 0 heterocycles. The standard InChI is InChI=1S/C36H47NO5/c1-33-15-5-17-35(3,29(33)13-9-23-7-11-25(39)21-27(23)33)31(40)37-32(41)36(4)18-6-16-34(2)28-22-26(42-20-19-38)12-8-24(28)10-14-30(34)36/h7-8,11-12,21-22,29-30,38-39H,5-6,9-10,13-20H2,1-4H3,(H,37,40,41)/t29-,30-,33-,34-,35+,36+/m1/s1. The first-order chi connectivity index (χ1) is 20.0. The van der Waals surface area contributed by atoms with Crippen LogP contribution in [0.5, 0.6) is 11.5 Å². The number of rotatable bonds is 5. The Morgan fingerprint density at radius 2 is 1.33 bits per heavy atom. The van der Waals surface area contributed by atoms with Crippen molar-refractivity contribution in [2.75, 3.05) is 13.2 Å². The maximum Gasteiger partial charge on any atom is 0.232 e. The second kappa shape index (κ2) is 10.4. The minimum Gasteiger partial charge on any atom is -0.508 e. The number of hydrogen-bond acceptors (Lipinski definition) is 5. The predicted molar refractivity (Wildman–Crippen MR) is 163 cm³/mol. The number of hydrogen-bond donors (Lipinski definition) is 3. The molecule has 0 bridgehead atoms. The Morgan fingerprint density at radius 3 is 1.88 bits per heavy atom. The van der Waals surface area contributed by atoms with Crippen molar-refractivity contribution in [2.24, 2.45) is 22.7 Å². The number of amides is 2. The van der Waals surface area contributed by atoms with Gasteiger partial charge in [-0.25, -0.2) is 0 Å². The maximum absolute atomic E-state index is 14.3. The number of aliphatic hydroxyl groups excluding tert-OH is 1. The summed E-state index contributed by atoms with van der Waals surface area (Å²) in [5.41, 5.74) is 3.28. The third kappa shape index (κ3) is 4.39. The first-order valence-electron chi connectivity index (χ1n) is 16.0. The van der Waals surface area contributed by atoms with Gasteiger partial charge in [-0.15, -0.1) is 0 Å². The van der Waals surface area contributed by atoms with Crippen LogP contribution in [-0.4, -0.2) is 35.2 Å². The van der Waals surface area contributed by atoms with E-state index in [9.17, 15) is 19.8 Å². The van der Waals surface area contributed by atoms with E-state index in [1.165, 1.54) is 22.3 Å². The van der Waals surface area contributed by atoms with Gasteiger partial charge in [-0.2, -0.15) is 0 Å². The first-order valence-corrected chi connectivity index (χ1v) is 16.0. The van der Waals surface area contributed by atoms with E-state index < -0.39 is 10.8 Å². The van der Waals surface area contributed by atoms with E-state index in [1.807, 2.05) is 18.2 Å². The average molecular weight is 574 g/mol. The summed E-state index contributed by atoms with van der Waals surface area (Å²) < 4.78 is 5.77. The Morgan fingerprint density at radius 1 is 0.810 bits per heavy atom.